The van der Waals surface area contributed by atoms with E-state index in [0.717, 1.165) is 12.8 Å². The van der Waals surface area contributed by atoms with Gasteiger partial charge in [0.2, 0.25) is 0 Å². The Morgan fingerprint density at radius 3 is 1.93 bits per heavy atom. The van der Waals surface area contributed by atoms with E-state index < -0.39 is 0 Å². The molecule has 0 rings (SSSR count). The first-order valence-electron chi connectivity index (χ1n) is 6.08. The minimum absolute atomic E-state index is 0.649. The van der Waals surface area contributed by atoms with Crippen molar-refractivity contribution in [2.24, 2.45) is 0 Å². The van der Waals surface area contributed by atoms with Crippen LogP contribution in [0.1, 0.15) is 58.3 Å². The van der Waals surface area contributed by atoms with Crippen molar-refractivity contribution in [2.45, 2.75) is 58.3 Å². The predicted molar refractivity (Wildman–Crippen MR) is 66.5 cm³/mol. The fourth-order valence-electron chi connectivity index (χ4n) is 1.31. The lowest BCUT2D eigenvalue weighted by atomic mass is 10.1. The van der Waals surface area contributed by atoms with Crippen LogP contribution in [0.4, 0.5) is 0 Å². The maximum atomic E-state index is 8.32. The zero-order chi connectivity index (χ0) is 11.2. The number of rotatable bonds is 9. The minimum Gasteiger partial charge on any atom is -0.198 e. The number of hydrogen-bond donors (Lipinski definition) is 0. The molecule has 0 aliphatic carbocycles. The summed E-state index contributed by atoms with van der Waals surface area (Å²) in [6, 6.07) is 2.14. The van der Waals surface area contributed by atoms with Gasteiger partial charge in [-0.1, -0.05) is 37.6 Å². The normalized spacial score (nSPS) is 11.2. The molecule has 0 spiro atoms. The Kier molecular flexibility index (Phi) is 12.1. The van der Waals surface area contributed by atoms with Crippen molar-refractivity contribution in [1.29, 1.82) is 5.26 Å². The van der Waals surface area contributed by atoms with Crippen LogP contribution in [0.25, 0.3) is 0 Å². The smallest absolute Gasteiger partial charge is 0.0624 e. The molecule has 0 radical (unpaired) electrons. The average molecular weight is 205 g/mol. The number of nitriles is 1. The van der Waals surface area contributed by atoms with E-state index in [-0.39, 0.29) is 0 Å². The van der Waals surface area contributed by atoms with Crippen molar-refractivity contribution in [3.05, 3.63) is 24.3 Å². The molecule has 0 heterocycles. The number of allylic oxidation sites excluding steroid dienone is 4. The average Bonchev–Trinajstić information content (AvgIpc) is 2.26. The first kappa shape index (κ1) is 14.0. The number of hydrogen-bond acceptors (Lipinski definition) is 1. The predicted octanol–water partition coefficient (Wildman–Crippen LogP) is 4.76. The van der Waals surface area contributed by atoms with Gasteiger partial charge in [0.1, 0.15) is 0 Å². The summed E-state index contributed by atoms with van der Waals surface area (Å²) < 4.78 is 0. The van der Waals surface area contributed by atoms with E-state index in [2.05, 4.69) is 37.3 Å². The summed E-state index contributed by atoms with van der Waals surface area (Å²) in [4.78, 5) is 0. The molecule has 0 saturated heterocycles. The van der Waals surface area contributed by atoms with Crippen LogP contribution in [0, 0.1) is 11.3 Å². The molecule has 0 aromatic rings. The first-order valence-corrected chi connectivity index (χ1v) is 6.08. The Balaban J connectivity index is 3.11. The molecule has 1 heteroatoms. The lowest BCUT2D eigenvalue weighted by Gasteiger charge is -1.93. The van der Waals surface area contributed by atoms with Gasteiger partial charge in [0.15, 0.2) is 0 Å². The SMILES string of the molecule is CCC/C=C/CCCC/C=C/CCC#N. The maximum absolute atomic E-state index is 8.32. The van der Waals surface area contributed by atoms with Crippen molar-refractivity contribution in [3.63, 3.8) is 0 Å². The summed E-state index contributed by atoms with van der Waals surface area (Å²) in [5.41, 5.74) is 0. The van der Waals surface area contributed by atoms with E-state index >= 15 is 0 Å². The Labute approximate surface area is 94.5 Å². The highest BCUT2D eigenvalue weighted by atomic mass is 14.2. The lowest BCUT2D eigenvalue weighted by Crippen LogP contribution is -1.73. The van der Waals surface area contributed by atoms with E-state index in [4.69, 9.17) is 5.26 Å². The molecule has 0 bridgehead atoms. The van der Waals surface area contributed by atoms with E-state index in [1.165, 1.54) is 32.1 Å². The standard InChI is InChI=1S/C14H23N/c1-2-3-4-5-6-7-8-9-10-11-12-13-14-15/h4-5,10-11H,2-3,6-9,12-13H2,1H3/b5-4+,11-10+. The van der Waals surface area contributed by atoms with Gasteiger partial charge < -0.3 is 0 Å². The van der Waals surface area contributed by atoms with Crippen molar-refractivity contribution < 1.29 is 0 Å². The zero-order valence-corrected chi connectivity index (χ0v) is 9.91. The van der Waals surface area contributed by atoms with E-state index in [1.54, 1.807) is 0 Å². The lowest BCUT2D eigenvalue weighted by molar-refractivity contribution is 0.758. The Morgan fingerprint density at radius 1 is 0.867 bits per heavy atom. The van der Waals surface area contributed by atoms with Crippen LogP contribution in [0.2, 0.25) is 0 Å². The van der Waals surface area contributed by atoms with Crippen molar-refractivity contribution in [2.75, 3.05) is 0 Å². The molecule has 84 valence electrons. The third-order valence-corrected chi connectivity index (χ3v) is 2.20. The molecular formula is C14H23N. The van der Waals surface area contributed by atoms with Crippen LogP contribution >= 0.6 is 0 Å². The maximum Gasteiger partial charge on any atom is 0.0624 e. The largest absolute Gasteiger partial charge is 0.198 e. The van der Waals surface area contributed by atoms with Gasteiger partial charge in [-0.15, -0.1) is 0 Å². The fraction of sp³-hybridized carbons (Fsp3) is 0.643. The van der Waals surface area contributed by atoms with Gasteiger partial charge in [-0.2, -0.15) is 5.26 Å². The van der Waals surface area contributed by atoms with Gasteiger partial charge in [-0.05, 0) is 38.5 Å². The molecular weight excluding hydrogens is 182 g/mol. The highest BCUT2D eigenvalue weighted by Crippen LogP contribution is 2.03. The molecule has 0 aromatic carbocycles. The monoisotopic (exact) mass is 205 g/mol. The molecule has 0 fully saturated rings. The van der Waals surface area contributed by atoms with E-state index in [0.29, 0.717) is 6.42 Å². The van der Waals surface area contributed by atoms with Crippen LogP contribution in [0.3, 0.4) is 0 Å². The van der Waals surface area contributed by atoms with Gasteiger partial charge in [-0.25, -0.2) is 0 Å². The van der Waals surface area contributed by atoms with Crippen LogP contribution < -0.4 is 0 Å². The number of nitrogens with zero attached hydrogens (tertiary/aromatic N) is 1. The summed E-state index contributed by atoms with van der Waals surface area (Å²) in [7, 11) is 0. The van der Waals surface area contributed by atoms with Crippen molar-refractivity contribution in [1.82, 2.24) is 0 Å². The fourth-order valence-corrected chi connectivity index (χ4v) is 1.31. The second-order valence-corrected chi connectivity index (χ2v) is 3.71. The highest BCUT2D eigenvalue weighted by Gasteiger charge is 1.83. The highest BCUT2D eigenvalue weighted by molar-refractivity contribution is 4.86. The summed E-state index contributed by atoms with van der Waals surface area (Å²) in [5.74, 6) is 0. The Hall–Kier alpha value is -1.03. The molecule has 0 amide bonds. The molecule has 0 aliphatic heterocycles. The van der Waals surface area contributed by atoms with Gasteiger partial charge in [0, 0.05) is 6.42 Å². The quantitative estimate of drug-likeness (QED) is 0.393. The number of unbranched alkanes of at least 4 members (excludes halogenated alkanes) is 5. The van der Waals surface area contributed by atoms with Gasteiger partial charge in [0.25, 0.3) is 0 Å². The molecule has 15 heavy (non-hydrogen) atoms. The zero-order valence-electron chi connectivity index (χ0n) is 9.91. The van der Waals surface area contributed by atoms with Crippen LogP contribution in [0.15, 0.2) is 24.3 Å². The second-order valence-electron chi connectivity index (χ2n) is 3.71. The topological polar surface area (TPSA) is 23.8 Å². The van der Waals surface area contributed by atoms with Crippen molar-refractivity contribution in [3.8, 4) is 6.07 Å². The third-order valence-electron chi connectivity index (χ3n) is 2.20. The molecule has 0 unspecified atom stereocenters. The van der Waals surface area contributed by atoms with Crippen molar-refractivity contribution >= 4 is 0 Å². The summed E-state index contributed by atoms with van der Waals surface area (Å²) in [5, 5.41) is 8.32. The van der Waals surface area contributed by atoms with Gasteiger partial charge >= 0.3 is 0 Å². The van der Waals surface area contributed by atoms with Gasteiger partial charge in [-0.3, -0.25) is 0 Å². The summed E-state index contributed by atoms with van der Waals surface area (Å²) >= 11 is 0. The molecule has 1 nitrogen and oxygen atoms in total. The van der Waals surface area contributed by atoms with E-state index in [1.807, 2.05) is 0 Å². The van der Waals surface area contributed by atoms with Crippen LogP contribution in [-0.4, -0.2) is 0 Å². The Bertz CT molecular complexity index is 208. The third kappa shape index (κ3) is 13.0. The van der Waals surface area contributed by atoms with E-state index in [9.17, 15) is 0 Å². The second kappa shape index (κ2) is 13.0. The summed E-state index contributed by atoms with van der Waals surface area (Å²) in [6.45, 7) is 2.20. The van der Waals surface area contributed by atoms with Crippen LogP contribution in [-0.2, 0) is 0 Å². The molecule has 0 aliphatic rings. The first-order chi connectivity index (χ1) is 7.41. The molecule has 0 N–H and O–H groups in total. The van der Waals surface area contributed by atoms with Crippen LogP contribution in [0.5, 0.6) is 0 Å². The minimum atomic E-state index is 0.649. The molecule has 0 atom stereocenters. The molecule has 0 saturated carbocycles. The summed E-state index contributed by atoms with van der Waals surface area (Å²) in [6.07, 6.45) is 17.8. The molecule has 0 aromatic heterocycles. The Morgan fingerprint density at radius 2 is 1.40 bits per heavy atom. The van der Waals surface area contributed by atoms with Gasteiger partial charge in [0.05, 0.1) is 6.07 Å².